The van der Waals surface area contributed by atoms with Crippen molar-refractivity contribution < 1.29 is 36.4 Å². The molecule has 0 bridgehead atoms. The summed E-state index contributed by atoms with van der Waals surface area (Å²) < 4.78 is 44.3. The number of methoxy groups -OCH3 is 2. The van der Waals surface area contributed by atoms with Gasteiger partial charge in [-0.15, -0.1) is 0 Å². The molecule has 1 aromatic rings. The van der Waals surface area contributed by atoms with E-state index in [0.717, 1.165) is 18.4 Å². The van der Waals surface area contributed by atoms with Crippen molar-refractivity contribution in [3.05, 3.63) is 29.8 Å². The predicted molar refractivity (Wildman–Crippen MR) is 149 cm³/mol. The van der Waals surface area contributed by atoms with Gasteiger partial charge in [0.2, 0.25) is 0 Å². The van der Waals surface area contributed by atoms with Crippen molar-refractivity contribution in [3.8, 4) is 0 Å². The van der Waals surface area contributed by atoms with Gasteiger partial charge in [0, 0.05) is 7.11 Å². The van der Waals surface area contributed by atoms with Gasteiger partial charge in [-0.1, -0.05) is 82.9 Å². The maximum absolute atomic E-state index is 12.6. The highest BCUT2D eigenvalue weighted by Gasteiger charge is 2.26. The highest BCUT2D eigenvalue weighted by molar-refractivity contribution is 7.86. The highest BCUT2D eigenvalue weighted by Crippen LogP contribution is 2.22. The number of carbonyl (C=O) groups excluding carboxylic acids is 2. The molecule has 1 rings (SSSR count). The van der Waals surface area contributed by atoms with Gasteiger partial charge in [0.1, 0.15) is 0 Å². The first kappa shape index (κ1) is 36.0. The molecule has 0 aromatic heterocycles. The Hall–Kier alpha value is -1.97. The van der Waals surface area contributed by atoms with E-state index in [9.17, 15) is 18.0 Å². The van der Waals surface area contributed by atoms with Crippen LogP contribution in [0.1, 0.15) is 97.5 Å². The molecule has 0 aliphatic rings. The number of ether oxygens (including phenoxy) is 3. The van der Waals surface area contributed by atoms with E-state index < -0.39 is 22.2 Å². The zero-order chi connectivity index (χ0) is 28.8. The number of esters is 2. The SMILES string of the molecule is CCCCCCCCCCCCc1ccccc1S(=O)(=O)OC(C)C(=O)OCC.COCC(C)C(=O)OC. The van der Waals surface area contributed by atoms with Crippen LogP contribution in [0.5, 0.6) is 0 Å². The molecule has 2 atom stereocenters. The molecule has 0 aliphatic carbocycles. The van der Waals surface area contributed by atoms with Crippen molar-refractivity contribution in [2.24, 2.45) is 5.92 Å². The largest absolute Gasteiger partial charge is 0.469 e. The van der Waals surface area contributed by atoms with Crippen LogP contribution in [0.25, 0.3) is 0 Å². The van der Waals surface area contributed by atoms with Gasteiger partial charge in [-0.2, -0.15) is 8.42 Å². The third kappa shape index (κ3) is 16.1. The fourth-order valence-corrected chi connectivity index (χ4v) is 5.12. The molecule has 2 unspecified atom stereocenters. The molecule has 220 valence electrons. The van der Waals surface area contributed by atoms with E-state index in [2.05, 4.69) is 11.7 Å². The summed E-state index contributed by atoms with van der Waals surface area (Å²) in [6.45, 7) is 7.65. The minimum atomic E-state index is -4.02. The Bertz CT molecular complexity index is 869. The predicted octanol–water partition coefficient (Wildman–Crippen LogP) is 6.25. The molecule has 38 heavy (non-hydrogen) atoms. The monoisotopic (exact) mass is 558 g/mol. The van der Waals surface area contributed by atoms with Crippen molar-refractivity contribution in [2.45, 2.75) is 109 Å². The summed E-state index contributed by atoms with van der Waals surface area (Å²) in [5, 5.41) is 0. The van der Waals surface area contributed by atoms with Gasteiger partial charge in [-0.05, 0) is 45.2 Å². The lowest BCUT2D eigenvalue weighted by molar-refractivity contribution is -0.150. The lowest BCUT2D eigenvalue weighted by Gasteiger charge is -2.14. The lowest BCUT2D eigenvalue weighted by atomic mass is 10.0. The van der Waals surface area contributed by atoms with Crippen LogP contribution in [-0.2, 0) is 44.5 Å². The Kier molecular flexibility index (Phi) is 20.8. The molecule has 1 aromatic carbocycles. The minimum absolute atomic E-state index is 0.145. The van der Waals surface area contributed by atoms with Crippen LogP contribution in [0.2, 0.25) is 0 Å². The zero-order valence-electron chi connectivity index (χ0n) is 24.3. The van der Waals surface area contributed by atoms with Gasteiger partial charge in [-0.3, -0.25) is 8.98 Å². The summed E-state index contributed by atoms with van der Waals surface area (Å²) in [4.78, 5) is 22.4. The number of unbranched alkanes of at least 4 members (excludes halogenated alkanes) is 9. The van der Waals surface area contributed by atoms with E-state index in [1.165, 1.54) is 65.4 Å². The first-order valence-corrected chi connectivity index (χ1v) is 15.3. The van der Waals surface area contributed by atoms with E-state index >= 15 is 0 Å². The number of aryl methyl sites for hydroxylation is 1. The zero-order valence-corrected chi connectivity index (χ0v) is 25.1. The van der Waals surface area contributed by atoms with Crippen molar-refractivity contribution in [3.63, 3.8) is 0 Å². The van der Waals surface area contributed by atoms with E-state index in [-0.39, 0.29) is 23.4 Å². The molecule has 0 saturated carbocycles. The Morgan fingerprint density at radius 2 is 1.37 bits per heavy atom. The second-order valence-electron chi connectivity index (χ2n) is 9.36. The first-order chi connectivity index (χ1) is 18.1. The van der Waals surface area contributed by atoms with Crippen LogP contribution in [0.3, 0.4) is 0 Å². The van der Waals surface area contributed by atoms with E-state index in [1.807, 2.05) is 12.1 Å². The van der Waals surface area contributed by atoms with Crippen molar-refractivity contribution in [2.75, 3.05) is 27.4 Å². The van der Waals surface area contributed by atoms with Crippen LogP contribution in [-0.4, -0.2) is 53.9 Å². The average molecular weight is 559 g/mol. The summed E-state index contributed by atoms with van der Waals surface area (Å²) in [7, 11) is -1.09. The fraction of sp³-hybridized carbons (Fsp3) is 0.724. The molecule has 0 N–H and O–H groups in total. The van der Waals surface area contributed by atoms with Gasteiger partial charge in [0.05, 0.1) is 31.1 Å². The minimum Gasteiger partial charge on any atom is -0.469 e. The molecule has 0 radical (unpaired) electrons. The van der Waals surface area contributed by atoms with Gasteiger partial charge in [-0.25, -0.2) is 4.79 Å². The molecule has 0 saturated heterocycles. The summed E-state index contributed by atoms with van der Waals surface area (Å²) >= 11 is 0. The Morgan fingerprint density at radius 3 is 1.89 bits per heavy atom. The van der Waals surface area contributed by atoms with Crippen LogP contribution >= 0.6 is 0 Å². The van der Waals surface area contributed by atoms with Crippen LogP contribution in [0, 0.1) is 5.92 Å². The molecular formula is C29H50O8S. The van der Waals surface area contributed by atoms with E-state index in [4.69, 9.17) is 13.7 Å². The molecule has 0 spiro atoms. The molecule has 0 heterocycles. The molecule has 0 aliphatic heterocycles. The fourth-order valence-electron chi connectivity index (χ4n) is 3.82. The second-order valence-corrected chi connectivity index (χ2v) is 10.9. The molecule has 9 heteroatoms. The number of benzene rings is 1. The molecule has 0 amide bonds. The van der Waals surface area contributed by atoms with Crippen molar-refractivity contribution >= 4 is 22.1 Å². The van der Waals surface area contributed by atoms with E-state index in [0.29, 0.717) is 13.0 Å². The van der Waals surface area contributed by atoms with Crippen LogP contribution in [0.15, 0.2) is 29.2 Å². The average Bonchev–Trinajstić information content (AvgIpc) is 2.89. The Morgan fingerprint density at radius 1 is 0.816 bits per heavy atom. The quantitative estimate of drug-likeness (QED) is 0.111. The maximum atomic E-state index is 12.6. The summed E-state index contributed by atoms with van der Waals surface area (Å²) in [5.74, 6) is -1.06. The van der Waals surface area contributed by atoms with Gasteiger partial charge < -0.3 is 14.2 Å². The third-order valence-corrected chi connectivity index (χ3v) is 7.43. The smallest absolute Gasteiger partial charge is 0.336 e. The van der Waals surface area contributed by atoms with Gasteiger partial charge in [0.25, 0.3) is 10.1 Å². The number of rotatable bonds is 19. The Balaban J connectivity index is 0.00000129. The highest BCUT2D eigenvalue weighted by atomic mass is 32.2. The standard InChI is InChI=1S/C23H38O5S.C6H12O3/c1-4-6-7-8-9-10-11-12-13-14-17-21-18-15-16-19-22(21)29(25,26)28-20(3)23(24)27-5-2;1-5(4-8-2)6(7)9-3/h15-16,18-20H,4-14,17H2,1-3H3;5H,4H2,1-3H3. The van der Waals surface area contributed by atoms with Crippen molar-refractivity contribution in [1.82, 2.24) is 0 Å². The molecular weight excluding hydrogens is 508 g/mol. The number of hydrogen-bond acceptors (Lipinski definition) is 8. The van der Waals surface area contributed by atoms with Gasteiger partial charge in [0.15, 0.2) is 6.10 Å². The van der Waals surface area contributed by atoms with Gasteiger partial charge >= 0.3 is 11.9 Å². The maximum Gasteiger partial charge on any atom is 0.336 e. The summed E-state index contributed by atoms with van der Waals surface area (Å²) in [6, 6.07) is 6.87. The summed E-state index contributed by atoms with van der Waals surface area (Å²) in [6.07, 6.45) is 11.9. The number of carbonyl (C=O) groups is 2. The number of hydrogen-bond donors (Lipinski definition) is 0. The lowest BCUT2D eigenvalue weighted by Crippen LogP contribution is -2.26. The topological polar surface area (TPSA) is 105 Å². The normalized spacial score (nSPS) is 12.7. The molecule has 8 nitrogen and oxygen atoms in total. The Labute approximate surface area is 230 Å². The van der Waals surface area contributed by atoms with Crippen molar-refractivity contribution in [1.29, 1.82) is 0 Å². The molecule has 0 fully saturated rings. The van der Waals surface area contributed by atoms with Crippen LogP contribution in [0.4, 0.5) is 0 Å². The summed E-state index contributed by atoms with van der Waals surface area (Å²) in [5.41, 5.74) is 0.739. The van der Waals surface area contributed by atoms with E-state index in [1.54, 1.807) is 33.1 Å². The van der Waals surface area contributed by atoms with Crippen LogP contribution < -0.4 is 0 Å². The second kappa shape index (κ2) is 21.9. The first-order valence-electron chi connectivity index (χ1n) is 13.9. The third-order valence-electron chi connectivity index (χ3n) is 5.95.